The molecular weight excluding hydrogens is 426 g/mol. The molecule has 0 spiro atoms. The number of amides is 1. The van der Waals surface area contributed by atoms with E-state index in [0.717, 1.165) is 18.4 Å². The van der Waals surface area contributed by atoms with Gasteiger partial charge in [-0.3, -0.25) is 5.32 Å². The Bertz CT molecular complexity index is 1110. The van der Waals surface area contributed by atoms with Crippen molar-refractivity contribution in [2.75, 3.05) is 5.32 Å². The first-order valence-corrected chi connectivity index (χ1v) is 10.8. The van der Waals surface area contributed by atoms with Gasteiger partial charge < -0.3 is 19.1 Å². The van der Waals surface area contributed by atoms with E-state index in [0.29, 0.717) is 29.2 Å². The molecule has 1 aromatic carbocycles. The summed E-state index contributed by atoms with van der Waals surface area (Å²) in [5.74, 6) is -0.253. The number of aromatic nitrogens is 2. The van der Waals surface area contributed by atoms with Crippen LogP contribution in [0.15, 0.2) is 53.2 Å². The minimum absolute atomic E-state index is 0.130. The van der Waals surface area contributed by atoms with Crippen LogP contribution in [0.2, 0.25) is 0 Å². The van der Waals surface area contributed by atoms with E-state index in [2.05, 4.69) is 15.5 Å². The van der Waals surface area contributed by atoms with Crippen LogP contribution in [0.3, 0.4) is 0 Å². The van der Waals surface area contributed by atoms with Crippen molar-refractivity contribution < 1.29 is 28.7 Å². The van der Waals surface area contributed by atoms with Crippen molar-refractivity contribution in [3.05, 3.63) is 59.9 Å². The van der Waals surface area contributed by atoms with Gasteiger partial charge in [-0.1, -0.05) is 48.3 Å². The molecular formula is C24H25N3O6. The van der Waals surface area contributed by atoms with E-state index in [1.54, 1.807) is 26.0 Å². The summed E-state index contributed by atoms with van der Waals surface area (Å²) in [6, 6.07) is 12.7. The number of pyridine rings is 1. The van der Waals surface area contributed by atoms with Crippen molar-refractivity contribution in [1.82, 2.24) is 10.1 Å². The highest BCUT2D eigenvalue weighted by molar-refractivity contribution is 5.89. The summed E-state index contributed by atoms with van der Waals surface area (Å²) in [6.45, 7) is 3.51. The normalized spacial score (nSPS) is 14.8. The van der Waals surface area contributed by atoms with Crippen LogP contribution in [-0.2, 0) is 9.53 Å². The highest BCUT2D eigenvalue weighted by Crippen LogP contribution is 2.35. The lowest BCUT2D eigenvalue weighted by Gasteiger charge is -2.14. The number of anilines is 1. The second-order valence-corrected chi connectivity index (χ2v) is 8.06. The minimum Gasteiger partial charge on any atom is -0.479 e. The molecule has 1 fully saturated rings. The monoisotopic (exact) mass is 451 g/mol. The molecule has 2 aromatic heterocycles. The predicted octanol–water partition coefficient (Wildman–Crippen LogP) is 4.99. The third-order valence-corrected chi connectivity index (χ3v) is 5.44. The number of aliphatic carboxylic acids is 1. The Balaban J connectivity index is 1.43. The minimum atomic E-state index is -1.00. The van der Waals surface area contributed by atoms with Gasteiger partial charge in [-0.05, 0) is 37.8 Å². The van der Waals surface area contributed by atoms with Gasteiger partial charge in [0.15, 0.2) is 6.10 Å². The number of nitrogens with zero attached hydrogens (tertiary/aromatic N) is 2. The van der Waals surface area contributed by atoms with Crippen LogP contribution in [0, 0.1) is 12.8 Å². The molecule has 2 atom stereocenters. The first-order chi connectivity index (χ1) is 15.9. The van der Waals surface area contributed by atoms with Gasteiger partial charge in [0.05, 0.1) is 11.3 Å². The van der Waals surface area contributed by atoms with Crippen LogP contribution < -0.4 is 10.1 Å². The van der Waals surface area contributed by atoms with Crippen molar-refractivity contribution in [2.24, 2.45) is 5.92 Å². The molecule has 1 saturated carbocycles. The summed E-state index contributed by atoms with van der Waals surface area (Å²) in [6.07, 6.45) is 2.01. The number of benzene rings is 1. The summed E-state index contributed by atoms with van der Waals surface area (Å²) < 4.78 is 16.3. The van der Waals surface area contributed by atoms with Crippen LogP contribution in [0.5, 0.6) is 5.88 Å². The number of nitrogens with one attached hydrogen (secondary N) is 1. The van der Waals surface area contributed by atoms with Gasteiger partial charge in [-0.2, -0.15) is 0 Å². The number of carbonyl (C=O) groups excluding carboxylic acids is 1. The Labute approximate surface area is 190 Å². The quantitative estimate of drug-likeness (QED) is 0.466. The number of rotatable bonds is 9. The summed E-state index contributed by atoms with van der Waals surface area (Å²) in [5.41, 5.74) is 2.59. The molecule has 4 rings (SSSR count). The van der Waals surface area contributed by atoms with Crippen LogP contribution in [0.1, 0.15) is 43.5 Å². The van der Waals surface area contributed by atoms with Crippen LogP contribution in [0.4, 0.5) is 10.7 Å². The van der Waals surface area contributed by atoms with Crippen molar-refractivity contribution >= 4 is 17.9 Å². The summed E-state index contributed by atoms with van der Waals surface area (Å²) in [7, 11) is 0. The number of hydrogen-bond donors (Lipinski definition) is 2. The molecule has 9 nitrogen and oxygen atoms in total. The highest BCUT2D eigenvalue weighted by atomic mass is 16.6. The van der Waals surface area contributed by atoms with E-state index in [1.807, 2.05) is 30.3 Å². The van der Waals surface area contributed by atoms with E-state index in [1.165, 1.54) is 6.20 Å². The molecule has 1 aliphatic carbocycles. The predicted molar refractivity (Wildman–Crippen MR) is 119 cm³/mol. The fourth-order valence-electron chi connectivity index (χ4n) is 3.47. The third-order valence-electron chi connectivity index (χ3n) is 5.44. The lowest BCUT2D eigenvalue weighted by Crippen LogP contribution is -2.27. The Morgan fingerprint density at radius 1 is 1.21 bits per heavy atom. The molecule has 9 heteroatoms. The van der Waals surface area contributed by atoms with Gasteiger partial charge in [-0.15, -0.1) is 0 Å². The number of carboxylic acids is 1. The van der Waals surface area contributed by atoms with E-state index < -0.39 is 24.3 Å². The van der Waals surface area contributed by atoms with Gasteiger partial charge in [-0.25, -0.2) is 14.6 Å². The first-order valence-electron chi connectivity index (χ1n) is 10.8. The summed E-state index contributed by atoms with van der Waals surface area (Å²) >= 11 is 0. The lowest BCUT2D eigenvalue weighted by atomic mass is 10.1. The molecule has 33 heavy (non-hydrogen) atoms. The number of carbonyl (C=O) groups is 2. The van der Waals surface area contributed by atoms with E-state index in [-0.39, 0.29) is 11.8 Å². The smallest absolute Gasteiger partial charge is 0.414 e. The highest BCUT2D eigenvalue weighted by Gasteiger charge is 2.31. The molecule has 0 aliphatic heterocycles. The Morgan fingerprint density at radius 3 is 2.61 bits per heavy atom. The van der Waals surface area contributed by atoms with Crippen molar-refractivity contribution in [3.63, 3.8) is 0 Å². The summed E-state index contributed by atoms with van der Waals surface area (Å²) in [5, 5.41) is 15.9. The first kappa shape index (κ1) is 22.3. The van der Waals surface area contributed by atoms with Crippen molar-refractivity contribution in [2.45, 2.75) is 45.3 Å². The summed E-state index contributed by atoms with van der Waals surface area (Å²) in [4.78, 5) is 28.1. The number of carboxylic acid groups (broad SMARTS) is 1. The lowest BCUT2D eigenvalue weighted by molar-refractivity contribution is -0.145. The fourth-order valence-corrected chi connectivity index (χ4v) is 3.47. The average molecular weight is 451 g/mol. The van der Waals surface area contributed by atoms with Gasteiger partial charge >= 0.3 is 12.1 Å². The Hall–Kier alpha value is -3.88. The molecule has 3 aromatic rings. The zero-order valence-electron chi connectivity index (χ0n) is 18.4. The third kappa shape index (κ3) is 5.68. The zero-order valence-corrected chi connectivity index (χ0v) is 18.4. The molecule has 0 radical (unpaired) electrons. The molecule has 2 unspecified atom stereocenters. The maximum absolute atomic E-state index is 12.4. The van der Waals surface area contributed by atoms with Gasteiger partial charge in [0.25, 0.3) is 0 Å². The molecule has 1 amide bonds. The maximum Gasteiger partial charge on any atom is 0.414 e. The Morgan fingerprint density at radius 2 is 1.97 bits per heavy atom. The molecule has 2 heterocycles. The topological polar surface area (TPSA) is 124 Å². The van der Waals surface area contributed by atoms with Crippen LogP contribution in [0.25, 0.3) is 11.1 Å². The molecule has 0 saturated heterocycles. The second kappa shape index (κ2) is 9.72. The molecule has 0 bridgehead atoms. The zero-order chi connectivity index (χ0) is 23.4. The van der Waals surface area contributed by atoms with E-state index >= 15 is 0 Å². The van der Waals surface area contributed by atoms with Gasteiger partial charge in [0.2, 0.25) is 11.8 Å². The maximum atomic E-state index is 12.4. The molecule has 2 N–H and O–H groups in total. The van der Waals surface area contributed by atoms with Crippen LogP contribution in [-0.4, -0.2) is 33.4 Å². The standard InChI is InChI=1S/C24H25N3O6/c1-14-21(18-10-11-20(25-13-18)32-19(23(28)29)12-16-8-9-16)22(33-27-14)26-24(30)31-15(2)17-6-4-3-5-7-17/h3-7,10-11,13,15-16,19H,8-9,12H2,1-2H3,(H,26,30)(H,28,29). The SMILES string of the molecule is Cc1noc(NC(=O)OC(C)c2ccccc2)c1-c1ccc(OC(CC2CC2)C(=O)O)nc1. The fraction of sp³-hybridized carbons (Fsp3) is 0.333. The average Bonchev–Trinajstić information content (AvgIpc) is 3.55. The number of hydrogen-bond acceptors (Lipinski definition) is 7. The van der Waals surface area contributed by atoms with Crippen molar-refractivity contribution in [1.29, 1.82) is 0 Å². The molecule has 1 aliphatic rings. The van der Waals surface area contributed by atoms with Gasteiger partial charge in [0, 0.05) is 17.8 Å². The van der Waals surface area contributed by atoms with Gasteiger partial charge in [0.1, 0.15) is 6.10 Å². The van der Waals surface area contributed by atoms with E-state index in [9.17, 15) is 14.7 Å². The Kier molecular flexibility index (Phi) is 6.58. The second-order valence-electron chi connectivity index (χ2n) is 8.06. The van der Waals surface area contributed by atoms with Crippen molar-refractivity contribution in [3.8, 4) is 17.0 Å². The van der Waals surface area contributed by atoms with Crippen LogP contribution >= 0.6 is 0 Å². The number of aryl methyl sites for hydroxylation is 1. The van der Waals surface area contributed by atoms with E-state index in [4.69, 9.17) is 14.0 Å². The molecule has 172 valence electrons. The largest absolute Gasteiger partial charge is 0.479 e. The number of ether oxygens (including phenoxy) is 2.